The van der Waals surface area contributed by atoms with Crippen molar-refractivity contribution in [3.63, 3.8) is 0 Å². The third-order valence-electron chi connectivity index (χ3n) is 3.36. The first-order chi connectivity index (χ1) is 9.49. The first kappa shape index (κ1) is 14.5. The molecule has 0 radical (unpaired) electrons. The Morgan fingerprint density at radius 2 is 2.20 bits per heavy atom. The Kier molecular flexibility index (Phi) is 4.39. The molecule has 0 aromatic carbocycles. The smallest absolute Gasteiger partial charge is 0.323 e. The molecular weight excluding hydrogens is 286 g/mol. The van der Waals surface area contributed by atoms with Gasteiger partial charge in [0.1, 0.15) is 18.6 Å². The van der Waals surface area contributed by atoms with E-state index in [1.807, 2.05) is 0 Å². The van der Waals surface area contributed by atoms with E-state index in [4.69, 9.17) is 16.7 Å². The molecule has 8 heteroatoms. The molecule has 1 aromatic heterocycles. The lowest BCUT2D eigenvalue weighted by Crippen LogP contribution is -2.38. The van der Waals surface area contributed by atoms with Crippen LogP contribution in [0.25, 0.3) is 0 Å². The standard InChI is InChI=1S/C12H14ClN3O4/c13-10-5-9(16(19)20)6-14-12(10)15(7-11(17)18)8-3-1-2-4-8/h5-6,8H,1-4,7H2,(H,17,18). The number of nitro groups is 1. The number of hydrogen-bond acceptors (Lipinski definition) is 5. The Morgan fingerprint density at radius 3 is 2.70 bits per heavy atom. The zero-order chi connectivity index (χ0) is 14.7. The Balaban J connectivity index is 2.32. The van der Waals surface area contributed by atoms with E-state index in [-0.39, 0.29) is 23.3 Å². The first-order valence-corrected chi connectivity index (χ1v) is 6.65. The number of anilines is 1. The van der Waals surface area contributed by atoms with Crippen LogP contribution in [0.15, 0.2) is 12.3 Å². The number of halogens is 1. The highest BCUT2D eigenvalue weighted by Gasteiger charge is 2.27. The summed E-state index contributed by atoms with van der Waals surface area (Å²) < 4.78 is 0. The fraction of sp³-hybridized carbons (Fsp3) is 0.500. The Morgan fingerprint density at radius 1 is 1.55 bits per heavy atom. The highest BCUT2D eigenvalue weighted by atomic mass is 35.5. The molecule has 0 unspecified atom stereocenters. The van der Waals surface area contributed by atoms with Gasteiger partial charge in [-0.3, -0.25) is 14.9 Å². The van der Waals surface area contributed by atoms with E-state index in [1.54, 1.807) is 4.90 Å². The minimum atomic E-state index is -0.979. The largest absolute Gasteiger partial charge is 0.480 e. The summed E-state index contributed by atoms with van der Waals surface area (Å²) in [5.74, 6) is -0.681. The van der Waals surface area contributed by atoms with Crippen molar-refractivity contribution >= 4 is 29.1 Å². The Hall–Kier alpha value is -1.89. The van der Waals surface area contributed by atoms with Gasteiger partial charge >= 0.3 is 5.97 Å². The van der Waals surface area contributed by atoms with Gasteiger partial charge in [-0.25, -0.2) is 4.98 Å². The van der Waals surface area contributed by atoms with Crippen molar-refractivity contribution in [2.24, 2.45) is 0 Å². The maximum atomic E-state index is 11.0. The monoisotopic (exact) mass is 299 g/mol. The molecule has 0 aliphatic heterocycles. The third kappa shape index (κ3) is 3.16. The van der Waals surface area contributed by atoms with Gasteiger partial charge in [0.2, 0.25) is 0 Å². The molecule has 1 heterocycles. The van der Waals surface area contributed by atoms with Crippen LogP contribution < -0.4 is 4.90 Å². The van der Waals surface area contributed by atoms with Crippen LogP contribution in [0.5, 0.6) is 0 Å². The van der Waals surface area contributed by atoms with Crippen molar-refractivity contribution < 1.29 is 14.8 Å². The number of nitrogens with zero attached hydrogens (tertiary/aromatic N) is 3. The fourth-order valence-electron chi connectivity index (χ4n) is 2.47. The molecule has 0 bridgehead atoms. The summed E-state index contributed by atoms with van der Waals surface area (Å²) in [5, 5.41) is 19.8. The van der Waals surface area contributed by atoms with Crippen molar-refractivity contribution in [1.82, 2.24) is 4.98 Å². The van der Waals surface area contributed by atoms with Crippen LogP contribution >= 0.6 is 11.6 Å². The van der Waals surface area contributed by atoms with E-state index in [2.05, 4.69) is 4.98 Å². The van der Waals surface area contributed by atoms with Crippen LogP contribution in [-0.2, 0) is 4.79 Å². The average Bonchev–Trinajstić information content (AvgIpc) is 2.89. The lowest BCUT2D eigenvalue weighted by atomic mass is 10.2. The van der Waals surface area contributed by atoms with E-state index in [0.29, 0.717) is 5.82 Å². The molecule has 2 rings (SSSR count). The molecule has 7 nitrogen and oxygen atoms in total. The van der Waals surface area contributed by atoms with Gasteiger partial charge in [-0.15, -0.1) is 0 Å². The number of rotatable bonds is 5. The van der Waals surface area contributed by atoms with E-state index in [9.17, 15) is 14.9 Å². The summed E-state index contributed by atoms with van der Waals surface area (Å²) in [6.45, 7) is -0.213. The highest BCUT2D eigenvalue weighted by molar-refractivity contribution is 6.33. The van der Waals surface area contributed by atoms with Gasteiger partial charge < -0.3 is 10.0 Å². The number of carboxylic acid groups (broad SMARTS) is 1. The molecule has 108 valence electrons. The summed E-state index contributed by atoms with van der Waals surface area (Å²) in [5.41, 5.74) is -0.208. The summed E-state index contributed by atoms with van der Waals surface area (Å²) >= 11 is 6.03. The molecule has 1 saturated carbocycles. The van der Waals surface area contributed by atoms with Crippen LogP contribution in [-0.4, -0.2) is 33.6 Å². The fourth-order valence-corrected chi connectivity index (χ4v) is 2.74. The molecule has 0 spiro atoms. The number of hydrogen-bond donors (Lipinski definition) is 1. The average molecular weight is 300 g/mol. The van der Waals surface area contributed by atoms with Gasteiger partial charge in [0, 0.05) is 12.1 Å². The zero-order valence-electron chi connectivity index (χ0n) is 10.7. The topological polar surface area (TPSA) is 96.6 Å². The maximum Gasteiger partial charge on any atom is 0.323 e. The van der Waals surface area contributed by atoms with Gasteiger partial charge in [-0.05, 0) is 12.8 Å². The summed E-state index contributed by atoms with van der Waals surface area (Å²) in [6.07, 6.45) is 4.92. The van der Waals surface area contributed by atoms with Crippen molar-refractivity contribution in [3.05, 3.63) is 27.4 Å². The number of pyridine rings is 1. The van der Waals surface area contributed by atoms with Crippen molar-refractivity contribution in [2.75, 3.05) is 11.4 Å². The molecule has 0 amide bonds. The molecule has 1 aromatic rings. The summed E-state index contributed by atoms with van der Waals surface area (Å²) in [4.78, 5) is 26.7. The van der Waals surface area contributed by atoms with Gasteiger partial charge in [0.25, 0.3) is 5.69 Å². The number of carboxylic acids is 1. The molecule has 1 aliphatic rings. The van der Waals surface area contributed by atoms with Gasteiger partial charge in [0.05, 0.1) is 9.95 Å². The Bertz CT molecular complexity index is 531. The lowest BCUT2D eigenvalue weighted by molar-refractivity contribution is -0.385. The quantitative estimate of drug-likeness (QED) is 0.662. The van der Waals surface area contributed by atoms with E-state index in [1.165, 1.54) is 6.07 Å². The van der Waals surface area contributed by atoms with Crippen molar-refractivity contribution in [3.8, 4) is 0 Å². The van der Waals surface area contributed by atoms with Gasteiger partial charge in [0.15, 0.2) is 0 Å². The summed E-state index contributed by atoms with van der Waals surface area (Å²) in [6, 6.07) is 1.27. The van der Waals surface area contributed by atoms with Gasteiger partial charge in [-0.1, -0.05) is 24.4 Å². The lowest BCUT2D eigenvalue weighted by Gasteiger charge is -2.28. The molecule has 20 heavy (non-hydrogen) atoms. The van der Waals surface area contributed by atoms with Gasteiger partial charge in [-0.2, -0.15) is 0 Å². The Labute approximate surface area is 120 Å². The minimum absolute atomic E-state index is 0.0672. The van der Waals surface area contributed by atoms with Crippen LogP contribution in [0.2, 0.25) is 5.02 Å². The third-order valence-corrected chi connectivity index (χ3v) is 3.64. The molecule has 1 fully saturated rings. The van der Waals surface area contributed by atoms with Crippen LogP contribution in [0, 0.1) is 10.1 Å². The van der Waals surface area contributed by atoms with Crippen LogP contribution in [0.3, 0.4) is 0 Å². The van der Waals surface area contributed by atoms with E-state index < -0.39 is 10.9 Å². The predicted octanol–water partition coefficient (Wildman–Crippen LogP) is 2.48. The number of aliphatic carboxylic acids is 1. The van der Waals surface area contributed by atoms with Crippen molar-refractivity contribution in [2.45, 2.75) is 31.7 Å². The highest BCUT2D eigenvalue weighted by Crippen LogP contribution is 2.32. The number of carbonyl (C=O) groups is 1. The second-order valence-corrected chi connectivity index (χ2v) is 5.12. The second kappa shape index (κ2) is 6.04. The second-order valence-electron chi connectivity index (χ2n) is 4.72. The van der Waals surface area contributed by atoms with Crippen LogP contribution in [0.4, 0.5) is 11.5 Å². The molecule has 1 aliphatic carbocycles. The summed E-state index contributed by atoms with van der Waals surface area (Å²) in [7, 11) is 0. The van der Waals surface area contributed by atoms with E-state index >= 15 is 0 Å². The zero-order valence-corrected chi connectivity index (χ0v) is 11.4. The number of aromatic nitrogens is 1. The molecule has 0 atom stereocenters. The van der Waals surface area contributed by atoms with Crippen molar-refractivity contribution in [1.29, 1.82) is 0 Å². The van der Waals surface area contributed by atoms with E-state index in [0.717, 1.165) is 31.9 Å². The predicted molar refractivity (Wildman–Crippen MR) is 73.1 cm³/mol. The first-order valence-electron chi connectivity index (χ1n) is 6.27. The normalized spacial score (nSPS) is 15.2. The van der Waals surface area contributed by atoms with Crippen LogP contribution in [0.1, 0.15) is 25.7 Å². The molecule has 0 saturated heterocycles. The SMILES string of the molecule is O=C(O)CN(c1ncc([N+](=O)[O-])cc1Cl)C1CCCC1. The molecule has 1 N–H and O–H groups in total. The minimum Gasteiger partial charge on any atom is -0.480 e. The maximum absolute atomic E-state index is 11.0. The molecular formula is C12H14ClN3O4.